The molecule has 1 aromatic heterocycles. The van der Waals surface area contributed by atoms with E-state index in [9.17, 15) is 4.79 Å². The molecule has 1 heterocycles. The van der Waals surface area contributed by atoms with Crippen LogP contribution in [0, 0.1) is 0 Å². The summed E-state index contributed by atoms with van der Waals surface area (Å²) in [7, 11) is 1.57. The summed E-state index contributed by atoms with van der Waals surface area (Å²) in [5, 5.41) is 11.2. The highest BCUT2D eigenvalue weighted by molar-refractivity contribution is 6.04. The maximum Gasteiger partial charge on any atom is 0.274 e. The number of benzene rings is 1. The van der Waals surface area contributed by atoms with Gasteiger partial charge in [0.25, 0.3) is 5.91 Å². The number of nitrogens with zero attached hydrogens (tertiary/aromatic N) is 2. The van der Waals surface area contributed by atoms with Crippen LogP contribution in [-0.2, 0) is 4.74 Å². The van der Waals surface area contributed by atoms with Gasteiger partial charge in [-0.25, -0.2) is 0 Å². The van der Waals surface area contributed by atoms with Crippen LogP contribution in [0.25, 0.3) is 10.9 Å². The third kappa shape index (κ3) is 2.38. The first kappa shape index (κ1) is 12.3. The summed E-state index contributed by atoms with van der Waals surface area (Å²) in [5.74, 6) is -0.345. The zero-order chi connectivity index (χ0) is 13.0. The molecule has 18 heavy (non-hydrogen) atoms. The van der Waals surface area contributed by atoms with Crippen molar-refractivity contribution >= 4 is 22.5 Å². The molecule has 2 rings (SSSR count). The van der Waals surface area contributed by atoms with Crippen LogP contribution in [0.4, 0.5) is 5.69 Å². The number of nitrogen functional groups attached to an aromatic ring is 1. The summed E-state index contributed by atoms with van der Waals surface area (Å²) in [5.41, 5.74) is 7.09. The lowest BCUT2D eigenvalue weighted by Crippen LogP contribution is -2.28. The van der Waals surface area contributed by atoms with Crippen LogP contribution in [0.5, 0.6) is 0 Å². The molecule has 0 fully saturated rings. The fourth-order valence-corrected chi connectivity index (χ4v) is 1.59. The van der Waals surface area contributed by atoms with E-state index in [1.165, 1.54) is 0 Å². The highest BCUT2D eigenvalue weighted by Gasteiger charge is 2.14. The minimum Gasteiger partial charge on any atom is -0.396 e. The summed E-state index contributed by atoms with van der Waals surface area (Å²) < 4.78 is 4.85. The Morgan fingerprint density at radius 3 is 2.94 bits per heavy atom. The van der Waals surface area contributed by atoms with Crippen LogP contribution in [-0.4, -0.2) is 36.4 Å². The first-order chi connectivity index (χ1) is 8.74. The lowest BCUT2D eigenvalue weighted by atomic mass is 10.1. The fourth-order valence-electron chi connectivity index (χ4n) is 1.59. The number of methoxy groups -OCH3 is 1. The van der Waals surface area contributed by atoms with Gasteiger partial charge in [0.1, 0.15) is 0 Å². The molecule has 2 aromatic rings. The number of nitrogens with two attached hydrogens (primary N) is 1. The van der Waals surface area contributed by atoms with E-state index in [1.54, 1.807) is 13.2 Å². The summed E-state index contributed by atoms with van der Waals surface area (Å²) in [6, 6.07) is 7.29. The average Bonchev–Trinajstić information content (AvgIpc) is 2.39. The second kappa shape index (κ2) is 5.42. The van der Waals surface area contributed by atoms with Crippen molar-refractivity contribution in [3.8, 4) is 0 Å². The second-order valence-electron chi connectivity index (χ2n) is 3.73. The van der Waals surface area contributed by atoms with E-state index in [0.717, 1.165) is 5.39 Å². The third-order valence-electron chi connectivity index (χ3n) is 2.51. The van der Waals surface area contributed by atoms with E-state index in [-0.39, 0.29) is 11.6 Å². The molecule has 6 nitrogen and oxygen atoms in total. The van der Waals surface area contributed by atoms with Crippen LogP contribution < -0.4 is 11.1 Å². The number of hydrogen-bond donors (Lipinski definition) is 2. The molecule has 1 aromatic carbocycles. The number of carbonyl (C=O) groups is 1. The molecular formula is C12H14N4O2. The lowest BCUT2D eigenvalue weighted by Gasteiger charge is -2.07. The Bertz CT molecular complexity index is 571. The van der Waals surface area contributed by atoms with Gasteiger partial charge in [-0.3, -0.25) is 4.79 Å². The smallest absolute Gasteiger partial charge is 0.274 e. The van der Waals surface area contributed by atoms with Gasteiger partial charge >= 0.3 is 0 Å². The van der Waals surface area contributed by atoms with Crippen molar-refractivity contribution in [3.63, 3.8) is 0 Å². The molecule has 0 unspecified atom stereocenters. The summed E-state index contributed by atoms with van der Waals surface area (Å²) in [6.07, 6.45) is 0. The van der Waals surface area contributed by atoms with E-state index in [4.69, 9.17) is 10.5 Å². The van der Waals surface area contributed by atoms with E-state index >= 15 is 0 Å². The molecule has 0 radical (unpaired) electrons. The van der Waals surface area contributed by atoms with Gasteiger partial charge in [0.15, 0.2) is 5.69 Å². The highest BCUT2D eigenvalue weighted by atomic mass is 16.5. The summed E-state index contributed by atoms with van der Waals surface area (Å²) in [4.78, 5) is 11.8. The second-order valence-corrected chi connectivity index (χ2v) is 3.73. The van der Waals surface area contributed by atoms with Crippen molar-refractivity contribution in [2.45, 2.75) is 0 Å². The molecule has 0 aliphatic rings. The number of nitrogens with one attached hydrogen (secondary N) is 1. The summed E-state index contributed by atoms with van der Waals surface area (Å²) >= 11 is 0. The molecule has 1 amide bonds. The van der Waals surface area contributed by atoms with Gasteiger partial charge < -0.3 is 15.8 Å². The number of hydrogen-bond acceptors (Lipinski definition) is 5. The zero-order valence-corrected chi connectivity index (χ0v) is 10.0. The Morgan fingerprint density at radius 2 is 2.17 bits per heavy atom. The number of carbonyl (C=O) groups excluding carboxylic acids is 1. The van der Waals surface area contributed by atoms with Crippen molar-refractivity contribution in [2.24, 2.45) is 0 Å². The SMILES string of the molecule is COCCNC(=O)c1nnc2ccccc2c1N. The van der Waals surface area contributed by atoms with E-state index in [1.807, 2.05) is 18.2 Å². The minimum absolute atomic E-state index is 0.143. The van der Waals surface area contributed by atoms with Gasteiger partial charge in [0, 0.05) is 19.0 Å². The van der Waals surface area contributed by atoms with Gasteiger partial charge in [0.05, 0.1) is 17.8 Å². The van der Waals surface area contributed by atoms with Crippen molar-refractivity contribution in [3.05, 3.63) is 30.0 Å². The minimum atomic E-state index is -0.345. The van der Waals surface area contributed by atoms with Gasteiger partial charge in [-0.05, 0) is 6.07 Å². The van der Waals surface area contributed by atoms with Crippen molar-refractivity contribution < 1.29 is 9.53 Å². The Labute approximate surface area is 104 Å². The van der Waals surface area contributed by atoms with Gasteiger partial charge in [-0.15, -0.1) is 10.2 Å². The predicted octanol–water partition coefficient (Wildman–Crippen LogP) is 0.588. The highest BCUT2D eigenvalue weighted by Crippen LogP contribution is 2.20. The number of aromatic nitrogens is 2. The van der Waals surface area contributed by atoms with Crippen molar-refractivity contribution in [2.75, 3.05) is 26.0 Å². The van der Waals surface area contributed by atoms with Gasteiger partial charge in [-0.2, -0.15) is 0 Å². The maximum atomic E-state index is 11.8. The number of ether oxygens (including phenoxy) is 1. The standard InChI is InChI=1S/C12H14N4O2/c1-18-7-6-14-12(17)11-10(13)8-4-2-3-5-9(8)15-16-11/h2-5H,6-7H2,1H3,(H2,13,15)(H,14,17). The zero-order valence-electron chi connectivity index (χ0n) is 10.0. The molecule has 0 aliphatic heterocycles. The monoisotopic (exact) mass is 246 g/mol. The number of fused-ring (bicyclic) bond motifs is 1. The first-order valence-corrected chi connectivity index (χ1v) is 5.52. The summed E-state index contributed by atoms with van der Waals surface area (Å²) in [6.45, 7) is 0.843. The van der Waals surface area contributed by atoms with E-state index < -0.39 is 0 Å². The number of anilines is 1. The molecule has 3 N–H and O–H groups in total. The van der Waals surface area contributed by atoms with Gasteiger partial charge in [0.2, 0.25) is 0 Å². The van der Waals surface area contributed by atoms with E-state index in [2.05, 4.69) is 15.5 Å². The molecular weight excluding hydrogens is 232 g/mol. The van der Waals surface area contributed by atoms with Crippen LogP contribution in [0.1, 0.15) is 10.5 Å². The maximum absolute atomic E-state index is 11.8. The number of amides is 1. The lowest BCUT2D eigenvalue weighted by molar-refractivity contribution is 0.0932. The van der Waals surface area contributed by atoms with Crippen LogP contribution in [0.3, 0.4) is 0 Å². The van der Waals surface area contributed by atoms with Crippen molar-refractivity contribution in [1.82, 2.24) is 15.5 Å². The Kier molecular flexibility index (Phi) is 3.69. The molecule has 94 valence electrons. The van der Waals surface area contributed by atoms with E-state index in [0.29, 0.717) is 24.4 Å². The molecule has 0 saturated carbocycles. The quantitative estimate of drug-likeness (QED) is 0.770. The molecule has 0 spiro atoms. The largest absolute Gasteiger partial charge is 0.396 e. The van der Waals surface area contributed by atoms with Crippen LogP contribution in [0.15, 0.2) is 24.3 Å². The average molecular weight is 246 g/mol. The topological polar surface area (TPSA) is 90.1 Å². The third-order valence-corrected chi connectivity index (χ3v) is 2.51. The Balaban J connectivity index is 2.28. The molecule has 0 saturated heterocycles. The van der Waals surface area contributed by atoms with Crippen molar-refractivity contribution in [1.29, 1.82) is 0 Å². The predicted molar refractivity (Wildman–Crippen MR) is 68.2 cm³/mol. The first-order valence-electron chi connectivity index (χ1n) is 5.52. The number of rotatable bonds is 4. The molecule has 0 bridgehead atoms. The van der Waals surface area contributed by atoms with Crippen LogP contribution >= 0.6 is 0 Å². The fraction of sp³-hybridized carbons (Fsp3) is 0.250. The normalized spacial score (nSPS) is 10.5. The molecule has 0 aliphatic carbocycles. The van der Waals surface area contributed by atoms with Gasteiger partial charge in [-0.1, -0.05) is 18.2 Å². The molecule has 0 atom stereocenters. The molecule has 6 heteroatoms. The Hall–Kier alpha value is -2.21. The van der Waals surface area contributed by atoms with Crippen LogP contribution in [0.2, 0.25) is 0 Å². The Morgan fingerprint density at radius 1 is 1.39 bits per heavy atom.